The number of piperidine rings is 1. The quantitative estimate of drug-likeness (QED) is 0.555. The third kappa shape index (κ3) is 2.94. The number of nitrogens with zero attached hydrogens (tertiary/aromatic N) is 3. The molecule has 1 aliphatic heterocycles. The Morgan fingerprint density at radius 1 is 1.07 bits per heavy atom. The normalized spacial score (nSPS) is 18.3. The molecule has 1 atom stereocenters. The van der Waals surface area contributed by atoms with Crippen molar-refractivity contribution in [1.82, 2.24) is 14.5 Å². The van der Waals surface area contributed by atoms with E-state index in [1.165, 1.54) is 10.9 Å². The van der Waals surface area contributed by atoms with Gasteiger partial charge in [0.2, 0.25) is 0 Å². The Morgan fingerprint density at radius 3 is 2.93 bits per heavy atom. The lowest BCUT2D eigenvalue weighted by atomic mass is 10.0. The number of hydrogen-bond acceptors (Lipinski definition) is 4. The van der Waals surface area contributed by atoms with E-state index in [1.54, 1.807) is 0 Å². The lowest BCUT2D eigenvalue weighted by Gasteiger charge is -2.33. The molecule has 0 N–H and O–H groups in total. The van der Waals surface area contributed by atoms with E-state index in [1.807, 2.05) is 41.1 Å². The molecule has 5 nitrogen and oxygen atoms in total. The van der Waals surface area contributed by atoms with Crippen molar-refractivity contribution in [3.63, 3.8) is 0 Å². The molecule has 1 fully saturated rings. The third-order valence-electron chi connectivity index (χ3n) is 5.47. The van der Waals surface area contributed by atoms with Gasteiger partial charge in [0, 0.05) is 24.7 Å². The molecule has 5 heteroatoms. The van der Waals surface area contributed by atoms with Crippen LogP contribution in [0.2, 0.25) is 0 Å². The molecular formula is C22H21N3O2. The molecular weight excluding hydrogens is 338 g/mol. The Hall–Kier alpha value is -2.92. The van der Waals surface area contributed by atoms with E-state index in [0.717, 1.165) is 43.5 Å². The molecule has 0 bridgehead atoms. The molecule has 1 aliphatic rings. The highest BCUT2D eigenvalue weighted by Crippen LogP contribution is 2.27. The highest BCUT2D eigenvalue weighted by Gasteiger charge is 2.25. The largest absolute Gasteiger partial charge is 0.420 e. The molecule has 0 spiro atoms. The van der Waals surface area contributed by atoms with E-state index < -0.39 is 0 Å². The Labute approximate surface area is 156 Å². The molecule has 136 valence electrons. The van der Waals surface area contributed by atoms with E-state index in [9.17, 15) is 4.79 Å². The topological polar surface area (TPSA) is 51.3 Å². The summed E-state index contributed by atoms with van der Waals surface area (Å²) in [6.45, 7) is 2.71. The summed E-state index contributed by atoms with van der Waals surface area (Å²) in [5.74, 6) is -0.255. The zero-order chi connectivity index (χ0) is 18.2. The summed E-state index contributed by atoms with van der Waals surface area (Å²) in [5, 5.41) is 1.17. The van der Waals surface area contributed by atoms with Crippen LogP contribution < -0.4 is 5.76 Å². The van der Waals surface area contributed by atoms with Crippen LogP contribution in [0, 0.1) is 0 Å². The zero-order valence-electron chi connectivity index (χ0n) is 15.0. The van der Waals surface area contributed by atoms with Crippen LogP contribution >= 0.6 is 0 Å². The van der Waals surface area contributed by atoms with Crippen LogP contribution in [0.5, 0.6) is 0 Å². The number of benzene rings is 2. The van der Waals surface area contributed by atoms with E-state index in [0.29, 0.717) is 5.58 Å². The molecule has 0 amide bonds. The smallest absolute Gasteiger partial charge is 0.408 e. The monoisotopic (exact) mass is 359 g/mol. The predicted molar refractivity (Wildman–Crippen MR) is 106 cm³/mol. The Morgan fingerprint density at radius 2 is 1.96 bits per heavy atom. The van der Waals surface area contributed by atoms with Crippen molar-refractivity contribution in [2.75, 3.05) is 13.1 Å². The number of fused-ring (bicyclic) bond motifs is 2. The van der Waals surface area contributed by atoms with Crippen molar-refractivity contribution in [1.29, 1.82) is 0 Å². The summed E-state index contributed by atoms with van der Waals surface area (Å²) >= 11 is 0. The van der Waals surface area contributed by atoms with Crippen LogP contribution in [0.15, 0.2) is 70.0 Å². The first-order valence-electron chi connectivity index (χ1n) is 9.45. The van der Waals surface area contributed by atoms with Gasteiger partial charge in [-0.25, -0.2) is 4.79 Å². The molecule has 3 heterocycles. The van der Waals surface area contributed by atoms with Crippen LogP contribution in [0.25, 0.3) is 22.0 Å². The SMILES string of the molecule is O=c1oc2ccccc2n1C1CCCN(Cc2cccc3cccnc23)C1. The van der Waals surface area contributed by atoms with E-state index in [2.05, 4.69) is 34.1 Å². The Balaban J connectivity index is 1.44. The second-order valence-corrected chi connectivity index (χ2v) is 7.23. The van der Waals surface area contributed by atoms with E-state index in [-0.39, 0.29) is 11.8 Å². The van der Waals surface area contributed by atoms with E-state index in [4.69, 9.17) is 4.42 Å². The lowest BCUT2D eigenvalue weighted by molar-refractivity contribution is 0.168. The maximum Gasteiger partial charge on any atom is 0.420 e. The van der Waals surface area contributed by atoms with Gasteiger partial charge in [-0.1, -0.05) is 36.4 Å². The highest BCUT2D eigenvalue weighted by molar-refractivity contribution is 5.81. The van der Waals surface area contributed by atoms with Crippen molar-refractivity contribution < 1.29 is 4.42 Å². The molecule has 0 saturated carbocycles. The van der Waals surface area contributed by atoms with Crippen molar-refractivity contribution in [3.05, 3.63) is 76.9 Å². The fourth-order valence-corrected chi connectivity index (χ4v) is 4.25. The first-order chi connectivity index (χ1) is 13.3. The van der Waals surface area contributed by atoms with Crippen molar-refractivity contribution in [3.8, 4) is 0 Å². The van der Waals surface area contributed by atoms with Gasteiger partial charge in [0.25, 0.3) is 0 Å². The molecule has 4 aromatic rings. The van der Waals surface area contributed by atoms with Gasteiger partial charge in [-0.3, -0.25) is 14.5 Å². The van der Waals surface area contributed by atoms with Crippen LogP contribution in [-0.4, -0.2) is 27.5 Å². The second kappa shape index (κ2) is 6.67. The summed E-state index contributed by atoms with van der Waals surface area (Å²) in [7, 11) is 0. The van der Waals surface area contributed by atoms with Gasteiger partial charge in [-0.15, -0.1) is 0 Å². The molecule has 27 heavy (non-hydrogen) atoms. The number of aromatic nitrogens is 2. The summed E-state index contributed by atoms with van der Waals surface area (Å²) in [6, 6.07) is 18.2. The minimum atomic E-state index is -0.255. The average Bonchev–Trinajstić information content (AvgIpc) is 3.04. The van der Waals surface area contributed by atoms with Crippen molar-refractivity contribution in [2.24, 2.45) is 0 Å². The maximum atomic E-state index is 12.4. The minimum absolute atomic E-state index is 0.137. The molecule has 2 aromatic heterocycles. The van der Waals surface area contributed by atoms with Gasteiger partial charge in [0.1, 0.15) is 0 Å². The molecule has 0 radical (unpaired) electrons. The second-order valence-electron chi connectivity index (χ2n) is 7.23. The van der Waals surface area contributed by atoms with Gasteiger partial charge in [-0.05, 0) is 43.1 Å². The minimum Gasteiger partial charge on any atom is -0.408 e. The molecule has 1 unspecified atom stereocenters. The molecule has 5 rings (SSSR count). The van der Waals surface area contributed by atoms with E-state index >= 15 is 0 Å². The average molecular weight is 359 g/mol. The number of rotatable bonds is 3. The molecule has 1 saturated heterocycles. The van der Waals surface area contributed by atoms with Crippen LogP contribution in [0.1, 0.15) is 24.4 Å². The number of oxazole rings is 1. The number of para-hydroxylation sites is 3. The summed E-state index contributed by atoms with van der Waals surface area (Å²) in [5.41, 5.74) is 3.85. The molecule has 0 aliphatic carbocycles. The number of likely N-dealkylation sites (tertiary alicyclic amines) is 1. The number of hydrogen-bond donors (Lipinski definition) is 0. The summed E-state index contributed by atoms with van der Waals surface area (Å²) in [6.07, 6.45) is 3.91. The zero-order valence-corrected chi connectivity index (χ0v) is 15.0. The lowest BCUT2D eigenvalue weighted by Crippen LogP contribution is -2.38. The van der Waals surface area contributed by atoms with Crippen LogP contribution in [0.4, 0.5) is 0 Å². The standard InChI is InChI=1S/C22H21N3O2/c26-22-25(19-10-1-2-11-20(19)27-22)18-9-5-13-24(15-18)14-17-7-3-6-16-8-4-12-23-21(16)17/h1-4,6-8,10-12,18H,5,9,13-15H2. The summed E-state index contributed by atoms with van der Waals surface area (Å²) < 4.78 is 7.28. The van der Waals surface area contributed by atoms with Crippen LogP contribution in [-0.2, 0) is 6.54 Å². The highest BCUT2D eigenvalue weighted by atomic mass is 16.4. The molecule has 2 aromatic carbocycles. The first-order valence-corrected chi connectivity index (χ1v) is 9.45. The van der Waals surface area contributed by atoms with Gasteiger partial charge < -0.3 is 4.42 Å². The fourth-order valence-electron chi connectivity index (χ4n) is 4.25. The summed E-state index contributed by atoms with van der Waals surface area (Å²) in [4.78, 5) is 19.4. The van der Waals surface area contributed by atoms with Gasteiger partial charge in [0.15, 0.2) is 5.58 Å². The maximum absolute atomic E-state index is 12.4. The fraction of sp³-hybridized carbons (Fsp3) is 0.273. The first kappa shape index (κ1) is 16.3. The van der Waals surface area contributed by atoms with Gasteiger partial charge in [0.05, 0.1) is 17.1 Å². The van der Waals surface area contributed by atoms with Gasteiger partial charge in [-0.2, -0.15) is 0 Å². The Bertz CT molecular complexity index is 1160. The number of pyridine rings is 1. The Kier molecular flexibility index (Phi) is 4.02. The third-order valence-corrected chi connectivity index (χ3v) is 5.47. The van der Waals surface area contributed by atoms with Crippen molar-refractivity contribution >= 4 is 22.0 Å². The van der Waals surface area contributed by atoms with Crippen LogP contribution in [0.3, 0.4) is 0 Å². The van der Waals surface area contributed by atoms with Crippen molar-refractivity contribution in [2.45, 2.75) is 25.4 Å². The van der Waals surface area contributed by atoms with Gasteiger partial charge >= 0.3 is 5.76 Å². The predicted octanol–water partition coefficient (Wildman–Crippen LogP) is 3.98.